The van der Waals surface area contributed by atoms with Crippen molar-refractivity contribution >= 4 is 51.2 Å². The third-order valence-electron chi connectivity index (χ3n) is 4.01. The Bertz CT molecular complexity index is 940. The lowest BCUT2D eigenvalue weighted by Crippen LogP contribution is -2.21. The molecule has 0 atom stereocenters. The van der Waals surface area contributed by atoms with Crippen molar-refractivity contribution in [2.75, 3.05) is 46.1 Å². The number of hydrogen-bond acceptors (Lipinski definition) is 7. The van der Waals surface area contributed by atoms with E-state index in [1.54, 1.807) is 53.4 Å². The minimum absolute atomic E-state index is 0.204. The molecule has 1 amide bonds. The van der Waals surface area contributed by atoms with E-state index in [-0.39, 0.29) is 16.6 Å². The SMILES string of the molecule is COC(=O)c1c(NC(=S)Nc2ccc(OC)c(OC)c2)sc(C(=O)N(C)C)c1C. The highest BCUT2D eigenvalue weighted by molar-refractivity contribution is 7.80. The second-order valence-electron chi connectivity index (χ2n) is 6.10. The van der Waals surface area contributed by atoms with E-state index in [0.29, 0.717) is 32.6 Å². The molecule has 2 N–H and O–H groups in total. The zero-order valence-corrected chi connectivity index (χ0v) is 18.7. The monoisotopic (exact) mass is 437 g/mol. The molecule has 1 aromatic heterocycles. The molecule has 0 aliphatic rings. The van der Waals surface area contributed by atoms with Crippen molar-refractivity contribution in [2.24, 2.45) is 0 Å². The Balaban J connectivity index is 2.30. The molecule has 2 rings (SSSR count). The number of amides is 1. The van der Waals surface area contributed by atoms with Gasteiger partial charge in [-0.05, 0) is 36.8 Å². The van der Waals surface area contributed by atoms with Gasteiger partial charge in [0.15, 0.2) is 16.6 Å². The Morgan fingerprint density at radius 2 is 1.72 bits per heavy atom. The highest BCUT2D eigenvalue weighted by Gasteiger charge is 2.26. The van der Waals surface area contributed by atoms with Crippen LogP contribution in [0.25, 0.3) is 0 Å². The largest absolute Gasteiger partial charge is 0.493 e. The number of benzene rings is 1. The minimum atomic E-state index is -0.548. The Hall–Kier alpha value is -2.85. The first-order valence-electron chi connectivity index (χ1n) is 8.46. The minimum Gasteiger partial charge on any atom is -0.493 e. The Morgan fingerprint density at radius 3 is 2.28 bits per heavy atom. The lowest BCUT2D eigenvalue weighted by atomic mass is 10.1. The number of thiophene rings is 1. The van der Waals surface area contributed by atoms with Crippen LogP contribution in [-0.2, 0) is 4.74 Å². The summed E-state index contributed by atoms with van der Waals surface area (Å²) in [6.45, 7) is 1.70. The van der Waals surface area contributed by atoms with Crippen molar-refractivity contribution in [1.29, 1.82) is 0 Å². The fraction of sp³-hybridized carbons (Fsp3) is 0.316. The van der Waals surface area contributed by atoms with E-state index in [2.05, 4.69) is 10.6 Å². The molecule has 29 heavy (non-hydrogen) atoms. The van der Waals surface area contributed by atoms with E-state index in [1.165, 1.54) is 12.0 Å². The van der Waals surface area contributed by atoms with Gasteiger partial charge < -0.3 is 29.7 Å². The molecule has 0 radical (unpaired) electrons. The van der Waals surface area contributed by atoms with Gasteiger partial charge in [0.2, 0.25) is 0 Å². The Kier molecular flexibility index (Phi) is 7.40. The molecule has 0 fully saturated rings. The van der Waals surface area contributed by atoms with Crippen LogP contribution in [0.5, 0.6) is 11.5 Å². The third kappa shape index (κ3) is 4.96. The van der Waals surface area contributed by atoms with Gasteiger partial charge in [-0.2, -0.15) is 0 Å². The van der Waals surface area contributed by atoms with Crippen molar-refractivity contribution in [3.8, 4) is 11.5 Å². The zero-order valence-electron chi connectivity index (χ0n) is 17.0. The molecule has 0 unspecified atom stereocenters. The molecule has 0 aliphatic heterocycles. The fourth-order valence-electron chi connectivity index (χ4n) is 2.54. The number of ether oxygens (including phenoxy) is 3. The van der Waals surface area contributed by atoms with Crippen LogP contribution in [0, 0.1) is 6.92 Å². The van der Waals surface area contributed by atoms with Crippen LogP contribution < -0.4 is 20.1 Å². The third-order valence-corrected chi connectivity index (χ3v) is 5.40. The number of carbonyl (C=O) groups excluding carboxylic acids is 2. The lowest BCUT2D eigenvalue weighted by Gasteiger charge is -2.13. The Morgan fingerprint density at radius 1 is 1.07 bits per heavy atom. The van der Waals surface area contributed by atoms with Crippen LogP contribution in [-0.4, -0.2) is 57.3 Å². The van der Waals surface area contributed by atoms with Gasteiger partial charge in [-0.25, -0.2) is 4.79 Å². The molecule has 1 heterocycles. The van der Waals surface area contributed by atoms with Crippen LogP contribution in [0.3, 0.4) is 0 Å². The number of carbonyl (C=O) groups is 2. The number of thiocarbonyl (C=S) groups is 1. The van der Waals surface area contributed by atoms with Crippen molar-refractivity contribution < 1.29 is 23.8 Å². The number of methoxy groups -OCH3 is 3. The predicted octanol–water partition coefficient (Wildman–Crippen LogP) is 3.37. The maximum Gasteiger partial charge on any atom is 0.341 e. The topological polar surface area (TPSA) is 89.1 Å². The highest BCUT2D eigenvalue weighted by atomic mass is 32.1. The predicted molar refractivity (Wildman–Crippen MR) is 118 cm³/mol. The molecule has 0 bridgehead atoms. The van der Waals surface area contributed by atoms with Crippen LogP contribution >= 0.6 is 23.6 Å². The summed E-state index contributed by atoms with van der Waals surface area (Å²) in [7, 11) is 7.68. The van der Waals surface area contributed by atoms with Gasteiger partial charge in [-0.3, -0.25) is 4.79 Å². The molecule has 0 aliphatic carbocycles. The summed E-state index contributed by atoms with van der Waals surface area (Å²) in [5.41, 5.74) is 1.48. The second-order valence-corrected chi connectivity index (χ2v) is 7.53. The molecular weight excluding hydrogens is 414 g/mol. The number of anilines is 2. The van der Waals surface area contributed by atoms with Gasteiger partial charge in [0.25, 0.3) is 5.91 Å². The number of hydrogen-bond donors (Lipinski definition) is 2. The first-order valence-corrected chi connectivity index (χ1v) is 9.69. The standard InChI is InChI=1S/C19H23N3O5S2/c1-10-14(18(24)27-6)16(29-15(10)17(23)22(2)3)21-19(28)20-11-7-8-12(25-4)13(9-11)26-5/h7-9H,1-6H3,(H2,20,21,28). The van der Waals surface area contributed by atoms with Crippen molar-refractivity contribution in [3.63, 3.8) is 0 Å². The van der Waals surface area contributed by atoms with E-state index in [4.69, 9.17) is 26.4 Å². The van der Waals surface area contributed by atoms with Gasteiger partial charge >= 0.3 is 5.97 Å². The molecule has 0 saturated heterocycles. The van der Waals surface area contributed by atoms with Crippen LogP contribution in [0.2, 0.25) is 0 Å². The normalized spacial score (nSPS) is 10.1. The zero-order chi connectivity index (χ0) is 21.7. The maximum absolute atomic E-state index is 12.4. The van der Waals surface area contributed by atoms with Gasteiger partial charge in [0.1, 0.15) is 5.00 Å². The van der Waals surface area contributed by atoms with Gasteiger partial charge in [0.05, 0.1) is 31.8 Å². The van der Waals surface area contributed by atoms with Crippen molar-refractivity contribution in [3.05, 3.63) is 34.2 Å². The van der Waals surface area contributed by atoms with Crippen molar-refractivity contribution in [1.82, 2.24) is 4.90 Å². The molecule has 156 valence electrons. The quantitative estimate of drug-likeness (QED) is 0.525. The van der Waals surface area contributed by atoms with Crippen LogP contribution in [0.1, 0.15) is 25.6 Å². The summed E-state index contributed by atoms with van der Waals surface area (Å²) in [5.74, 6) is 0.379. The summed E-state index contributed by atoms with van der Waals surface area (Å²) in [6.07, 6.45) is 0. The second kappa shape index (κ2) is 9.57. The van der Waals surface area contributed by atoms with E-state index < -0.39 is 5.97 Å². The van der Waals surface area contributed by atoms with Crippen LogP contribution in [0.15, 0.2) is 18.2 Å². The van der Waals surface area contributed by atoms with Gasteiger partial charge in [0, 0.05) is 25.8 Å². The average molecular weight is 438 g/mol. The van der Waals surface area contributed by atoms with Gasteiger partial charge in [-0.15, -0.1) is 11.3 Å². The molecule has 2 aromatic rings. The van der Waals surface area contributed by atoms with Crippen LogP contribution in [0.4, 0.5) is 10.7 Å². The maximum atomic E-state index is 12.4. The number of nitrogens with one attached hydrogen (secondary N) is 2. The van der Waals surface area contributed by atoms with E-state index in [0.717, 1.165) is 11.3 Å². The average Bonchev–Trinajstić information content (AvgIpc) is 3.01. The summed E-state index contributed by atoms with van der Waals surface area (Å²) in [6, 6.07) is 5.25. The lowest BCUT2D eigenvalue weighted by molar-refractivity contribution is 0.0601. The van der Waals surface area contributed by atoms with Crippen molar-refractivity contribution in [2.45, 2.75) is 6.92 Å². The molecule has 8 nitrogen and oxygen atoms in total. The first kappa shape index (κ1) is 22.4. The summed E-state index contributed by atoms with van der Waals surface area (Å²) >= 11 is 6.52. The molecule has 1 aromatic carbocycles. The van der Waals surface area contributed by atoms with E-state index in [9.17, 15) is 9.59 Å². The molecule has 0 spiro atoms. The number of esters is 1. The fourth-order valence-corrected chi connectivity index (χ4v) is 4.04. The molecular formula is C19H23N3O5S2. The molecule has 0 saturated carbocycles. The Labute approximate surface area is 178 Å². The van der Waals surface area contributed by atoms with Gasteiger partial charge in [-0.1, -0.05) is 0 Å². The van der Waals surface area contributed by atoms with E-state index in [1.807, 2.05) is 0 Å². The smallest absolute Gasteiger partial charge is 0.341 e. The number of rotatable bonds is 6. The highest BCUT2D eigenvalue weighted by Crippen LogP contribution is 2.35. The summed E-state index contributed by atoms with van der Waals surface area (Å²) < 4.78 is 15.4. The first-order chi connectivity index (χ1) is 13.7. The molecule has 10 heteroatoms. The summed E-state index contributed by atoms with van der Waals surface area (Å²) in [4.78, 5) is 26.6. The van der Waals surface area contributed by atoms with E-state index >= 15 is 0 Å². The summed E-state index contributed by atoms with van der Waals surface area (Å²) in [5, 5.41) is 6.69. The number of nitrogens with zero attached hydrogens (tertiary/aromatic N) is 1.